The Hall–Kier alpha value is -3.14. The molecule has 0 spiro atoms. The fourth-order valence-corrected chi connectivity index (χ4v) is 2.97. The van der Waals surface area contributed by atoms with Crippen LogP contribution in [0.5, 0.6) is 5.75 Å². The van der Waals surface area contributed by atoms with E-state index in [1.807, 2.05) is 48.8 Å². The number of aromatic amines is 1. The maximum absolute atomic E-state index is 5.67. The summed E-state index contributed by atoms with van der Waals surface area (Å²) >= 11 is 0. The summed E-state index contributed by atoms with van der Waals surface area (Å²) in [5.74, 6) is 0.894. The zero-order valence-corrected chi connectivity index (χ0v) is 14.1. The molecule has 4 heteroatoms. The van der Waals surface area contributed by atoms with Crippen molar-refractivity contribution in [2.45, 2.75) is 13.3 Å². The van der Waals surface area contributed by atoms with Gasteiger partial charge < -0.3 is 4.74 Å². The standard InChI is InChI=1S/C21H19N3O/c1-2-13-25-16-9-7-15(8-10-16)19-14-23-24-21(19)18-11-12-22-20-6-4-3-5-17(18)20/h3-12,14H,2,13H2,1H3,(H,23,24). The lowest BCUT2D eigenvalue weighted by atomic mass is 9.99. The molecule has 4 nitrogen and oxygen atoms in total. The largest absolute Gasteiger partial charge is 0.494 e. The van der Waals surface area contributed by atoms with Crippen LogP contribution in [0.1, 0.15) is 13.3 Å². The van der Waals surface area contributed by atoms with Gasteiger partial charge in [-0.1, -0.05) is 37.3 Å². The third kappa shape index (κ3) is 2.98. The number of hydrogen-bond donors (Lipinski definition) is 1. The van der Waals surface area contributed by atoms with Crippen LogP contribution in [0.2, 0.25) is 0 Å². The highest BCUT2D eigenvalue weighted by Crippen LogP contribution is 2.34. The number of aromatic nitrogens is 3. The van der Waals surface area contributed by atoms with Gasteiger partial charge in [0.25, 0.3) is 0 Å². The Morgan fingerprint density at radius 3 is 2.64 bits per heavy atom. The van der Waals surface area contributed by atoms with E-state index in [0.29, 0.717) is 0 Å². The van der Waals surface area contributed by atoms with Gasteiger partial charge in [0.1, 0.15) is 5.75 Å². The van der Waals surface area contributed by atoms with Crippen LogP contribution in [0.3, 0.4) is 0 Å². The van der Waals surface area contributed by atoms with E-state index in [4.69, 9.17) is 4.74 Å². The number of fused-ring (bicyclic) bond motifs is 1. The average Bonchev–Trinajstić information content (AvgIpc) is 3.16. The summed E-state index contributed by atoms with van der Waals surface area (Å²) < 4.78 is 5.67. The molecule has 2 aromatic carbocycles. The Bertz CT molecular complexity index is 984. The van der Waals surface area contributed by atoms with Crippen LogP contribution in [0.15, 0.2) is 67.0 Å². The highest BCUT2D eigenvalue weighted by atomic mass is 16.5. The number of pyridine rings is 1. The molecule has 0 radical (unpaired) electrons. The topological polar surface area (TPSA) is 50.8 Å². The van der Waals surface area contributed by atoms with Gasteiger partial charge in [-0.2, -0.15) is 5.10 Å². The normalized spacial score (nSPS) is 10.9. The predicted molar refractivity (Wildman–Crippen MR) is 101 cm³/mol. The molecular weight excluding hydrogens is 310 g/mol. The van der Waals surface area contributed by atoms with Crippen LogP contribution in [0.4, 0.5) is 0 Å². The fourth-order valence-electron chi connectivity index (χ4n) is 2.97. The molecule has 0 atom stereocenters. The molecule has 2 aromatic heterocycles. The molecule has 4 aromatic rings. The molecule has 2 heterocycles. The summed E-state index contributed by atoms with van der Waals surface area (Å²) in [7, 11) is 0. The van der Waals surface area contributed by atoms with Gasteiger partial charge in [-0.3, -0.25) is 10.1 Å². The van der Waals surface area contributed by atoms with E-state index in [-0.39, 0.29) is 0 Å². The van der Waals surface area contributed by atoms with Crippen molar-refractivity contribution in [3.63, 3.8) is 0 Å². The van der Waals surface area contributed by atoms with Gasteiger partial charge in [0.05, 0.1) is 24.0 Å². The van der Waals surface area contributed by atoms with Crippen molar-refractivity contribution in [1.29, 1.82) is 0 Å². The minimum Gasteiger partial charge on any atom is -0.494 e. The van der Waals surface area contributed by atoms with Crippen molar-refractivity contribution in [3.8, 4) is 28.1 Å². The Morgan fingerprint density at radius 1 is 0.960 bits per heavy atom. The van der Waals surface area contributed by atoms with E-state index < -0.39 is 0 Å². The monoisotopic (exact) mass is 329 g/mol. The first-order valence-corrected chi connectivity index (χ1v) is 8.47. The number of rotatable bonds is 5. The lowest BCUT2D eigenvalue weighted by Gasteiger charge is -2.08. The van der Waals surface area contributed by atoms with Crippen molar-refractivity contribution in [2.24, 2.45) is 0 Å². The lowest BCUT2D eigenvalue weighted by Crippen LogP contribution is -1.94. The van der Waals surface area contributed by atoms with Crippen LogP contribution >= 0.6 is 0 Å². The van der Waals surface area contributed by atoms with Gasteiger partial charge >= 0.3 is 0 Å². The molecule has 4 rings (SSSR count). The second kappa shape index (κ2) is 6.77. The number of H-pyrrole nitrogens is 1. The lowest BCUT2D eigenvalue weighted by molar-refractivity contribution is 0.317. The van der Waals surface area contributed by atoms with Gasteiger partial charge in [-0.25, -0.2) is 0 Å². The Labute approximate surface area is 146 Å². The highest BCUT2D eigenvalue weighted by Gasteiger charge is 2.13. The summed E-state index contributed by atoms with van der Waals surface area (Å²) in [6.45, 7) is 2.84. The second-order valence-corrected chi connectivity index (χ2v) is 5.91. The third-order valence-electron chi connectivity index (χ3n) is 4.20. The minimum absolute atomic E-state index is 0.735. The summed E-state index contributed by atoms with van der Waals surface area (Å²) in [4.78, 5) is 4.44. The van der Waals surface area contributed by atoms with Crippen molar-refractivity contribution in [1.82, 2.24) is 15.2 Å². The molecule has 0 fully saturated rings. The number of benzene rings is 2. The molecule has 124 valence electrons. The second-order valence-electron chi connectivity index (χ2n) is 5.91. The zero-order valence-electron chi connectivity index (χ0n) is 14.1. The van der Waals surface area contributed by atoms with E-state index in [2.05, 4.69) is 40.3 Å². The maximum atomic E-state index is 5.67. The number of para-hydroxylation sites is 1. The number of hydrogen-bond acceptors (Lipinski definition) is 3. The van der Waals surface area contributed by atoms with Gasteiger partial charge in [0.2, 0.25) is 0 Å². The van der Waals surface area contributed by atoms with Gasteiger partial charge in [0, 0.05) is 22.7 Å². The Morgan fingerprint density at radius 2 is 1.80 bits per heavy atom. The predicted octanol–water partition coefficient (Wildman–Crippen LogP) is 5.08. The fraction of sp³-hybridized carbons (Fsp3) is 0.143. The van der Waals surface area contributed by atoms with E-state index in [9.17, 15) is 0 Å². The third-order valence-corrected chi connectivity index (χ3v) is 4.20. The van der Waals surface area contributed by atoms with Crippen LogP contribution in [-0.4, -0.2) is 21.8 Å². The average molecular weight is 329 g/mol. The molecule has 0 aliphatic rings. The van der Waals surface area contributed by atoms with Crippen molar-refractivity contribution in [2.75, 3.05) is 6.61 Å². The first-order chi connectivity index (χ1) is 12.4. The van der Waals surface area contributed by atoms with Crippen LogP contribution < -0.4 is 4.74 Å². The molecule has 1 N–H and O–H groups in total. The summed E-state index contributed by atoms with van der Waals surface area (Å²) in [6.07, 6.45) is 4.71. The van der Waals surface area contributed by atoms with Crippen molar-refractivity contribution < 1.29 is 4.74 Å². The first-order valence-electron chi connectivity index (χ1n) is 8.47. The summed E-state index contributed by atoms with van der Waals surface area (Å²) in [6, 6.07) is 18.3. The molecule has 25 heavy (non-hydrogen) atoms. The molecule has 0 aliphatic carbocycles. The smallest absolute Gasteiger partial charge is 0.119 e. The van der Waals surface area contributed by atoms with E-state index in [1.54, 1.807) is 0 Å². The maximum Gasteiger partial charge on any atom is 0.119 e. The van der Waals surface area contributed by atoms with Gasteiger partial charge in [-0.05, 0) is 36.2 Å². The molecule has 0 aliphatic heterocycles. The first kappa shape index (κ1) is 15.4. The van der Waals surface area contributed by atoms with Gasteiger partial charge in [0.15, 0.2) is 0 Å². The molecule has 0 unspecified atom stereocenters. The molecule has 0 saturated heterocycles. The van der Waals surface area contributed by atoms with Crippen LogP contribution in [-0.2, 0) is 0 Å². The molecule has 0 bridgehead atoms. The quantitative estimate of drug-likeness (QED) is 0.555. The SMILES string of the molecule is CCCOc1ccc(-c2cn[nH]c2-c2ccnc3ccccc23)cc1. The minimum atomic E-state index is 0.735. The summed E-state index contributed by atoms with van der Waals surface area (Å²) in [5, 5.41) is 8.54. The molecule has 0 saturated carbocycles. The Kier molecular flexibility index (Phi) is 4.17. The zero-order chi connectivity index (χ0) is 17.1. The van der Waals surface area contributed by atoms with Crippen molar-refractivity contribution in [3.05, 3.63) is 67.0 Å². The highest BCUT2D eigenvalue weighted by molar-refractivity contribution is 5.97. The van der Waals surface area contributed by atoms with E-state index in [1.165, 1.54) is 0 Å². The Balaban J connectivity index is 1.75. The van der Waals surface area contributed by atoms with Crippen LogP contribution in [0.25, 0.3) is 33.3 Å². The van der Waals surface area contributed by atoms with E-state index >= 15 is 0 Å². The van der Waals surface area contributed by atoms with Gasteiger partial charge in [-0.15, -0.1) is 0 Å². The van der Waals surface area contributed by atoms with E-state index in [0.717, 1.165) is 52.1 Å². The molecular formula is C21H19N3O. The number of nitrogens with zero attached hydrogens (tertiary/aromatic N) is 2. The number of ether oxygens (including phenoxy) is 1. The molecule has 0 amide bonds. The summed E-state index contributed by atoms with van der Waals surface area (Å²) in [5.41, 5.74) is 5.25. The van der Waals surface area contributed by atoms with Crippen molar-refractivity contribution >= 4 is 10.9 Å². The van der Waals surface area contributed by atoms with Crippen LogP contribution in [0, 0.1) is 0 Å². The number of nitrogens with one attached hydrogen (secondary N) is 1.